The summed E-state index contributed by atoms with van der Waals surface area (Å²) in [6.45, 7) is 0.0369. The minimum Gasteiger partial charge on any atom is -0.481 e. The van der Waals surface area contributed by atoms with Gasteiger partial charge < -0.3 is 26.2 Å². The van der Waals surface area contributed by atoms with Crippen LogP contribution in [0.5, 0.6) is 0 Å². The van der Waals surface area contributed by atoms with E-state index in [-0.39, 0.29) is 42.9 Å². The van der Waals surface area contributed by atoms with Gasteiger partial charge in [-0.1, -0.05) is 6.08 Å². The number of carboxylic acid groups (broad SMARTS) is 2. The van der Waals surface area contributed by atoms with Crippen LogP contribution in [0, 0.1) is 5.92 Å². The first kappa shape index (κ1) is 24.3. The number of H-pyrrole nitrogens is 1. The van der Waals surface area contributed by atoms with Gasteiger partial charge in [0.2, 0.25) is 18.3 Å². The monoisotopic (exact) mass is 473 g/mol. The van der Waals surface area contributed by atoms with Gasteiger partial charge in [-0.2, -0.15) is 4.98 Å². The molecule has 2 atom stereocenters. The van der Waals surface area contributed by atoms with Crippen molar-refractivity contribution in [1.29, 1.82) is 0 Å². The molecule has 14 heteroatoms. The quantitative estimate of drug-likeness (QED) is 0.273. The number of hydrogen-bond acceptors (Lipinski definition) is 9. The molecule has 0 fully saturated rings. The highest BCUT2D eigenvalue weighted by atomic mass is 16.4. The summed E-state index contributed by atoms with van der Waals surface area (Å²) >= 11 is 0. The number of amides is 2. The normalized spacial score (nSPS) is 16.4. The van der Waals surface area contributed by atoms with E-state index in [0.717, 1.165) is 0 Å². The number of rotatable bonds is 10. The SMILES string of the molecule is Nc1nc2ncc(CN(C=O)C3=CC[C@H](C(=O)N[C@@H](CCC(=O)O)C(=O)O)CC3)nc2c(=O)[nH]1. The van der Waals surface area contributed by atoms with Gasteiger partial charge in [-0.05, 0) is 25.7 Å². The minimum absolute atomic E-state index is 0.0113. The second-order valence-corrected chi connectivity index (χ2v) is 7.72. The molecule has 0 aromatic carbocycles. The summed E-state index contributed by atoms with van der Waals surface area (Å²) in [5, 5.41) is 20.3. The zero-order valence-corrected chi connectivity index (χ0v) is 17.9. The first-order chi connectivity index (χ1) is 16.2. The maximum absolute atomic E-state index is 12.5. The number of carboxylic acids is 2. The van der Waals surface area contributed by atoms with E-state index in [1.54, 1.807) is 6.08 Å². The van der Waals surface area contributed by atoms with Crippen LogP contribution in [0.25, 0.3) is 11.2 Å². The number of aliphatic carboxylic acids is 2. The molecule has 0 saturated heterocycles. The molecule has 0 saturated carbocycles. The maximum atomic E-state index is 12.5. The van der Waals surface area contributed by atoms with E-state index in [4.69, 9.17) is 10.8 Å². The van der Waals surface area contributed by atoms with E-state index in [1.165, 1.54) is 11.1 Å². The third kappa shape index (κ3) is 5.90. The Hall–Kier alpha value is -4.36. The first-order valence-electron chi connectivity index (χ1n) is 10.3. The number of nitrogens with one attached hydrogen (secondary N) is 2. The largest absolute Gasteiger partial charge is 0.481 e. The van der Waals surface area contributed by atoms with Crippen molar-refractivity contribution in [1.82, 2.24) is 30.2 Å². The summed E-state index contributed by atoms with van der Waals surface area (Å²) in [7, 11) is 0. The molecule has 2 heterocycles. The summed E-state index contributed by atoms with van der Waals surface area (Å²) < 4.78 is 0. The van der Waals surface area contributed by atoms with Gasteiger partial charge in [-0.15, -0.1) is 0 Å². The minimum atomic E-state index is -1.30. The fourth-order valence-electron chi connectivity index (χ4n) is 3.56. The molecule has 1 aliphatic carbocycles. The number of aromatic amines is 1. The lowest BCUT2D eigenvalue weighted by Gasteiger charge is -2.27. The second-order valence-electron chi connectivity index (χ2n) is 7.72. The standard InChI is InChI=1S/C20H23N7O7/c21-20-25-16-15(18(32)26-20)23-11(7-22-16)8-27(9-28)12-3-1-10(2-4-12)17(31)24-13(19(33)34)5-6-14(29)30/h3,7,9-10,13H,1-2,4-6,8H2,(H,24,31)(H,29,30)(H,33,34)(H3,21,22,25,26,32)/t10-,13-/m0/s1. The van der Waals surface area contributed by atoms with E-state index in [2.05, 4.69) is 25.3 Å². The third-order valence-corrected chi connectivity index (χ3v) is 5.33. The molecule has 14 nitrogen and oxygen atoms in total. The molecule has 0 unspecified atom stereocenters. The van der Waals surface area contributed by atoms with Gasteiger partial charge in [-0.3, -0.25) is 24.2 Å². The molecule has 0 radical (unpaired) electrons. The number of anilines is 1. The zero-order valence-electron chi connectivity index (χ0n) is 17.9. The molecule has 0 bridgehead atoms. The summed E-state index contributed by atoms with van der Waals surface area (Å²) in [5.41, 5.74) is 5.99. The van der Waals surface area contributed by atoms with E-state index in [9.17, 15) is 29.1 Å². The Kier molecular flexibility index (Phi) is 7.50. The summed E-state index contributed by atoms with van der Waals surface area (Å²) in [6.07, 6.45) is 4.09. The van der Waals surface area contributed by atoms with Gasteiger partial charge in [0.1, 0.15) is 6.04 Å². The fraction of sp³-hybridized carbons (Fsp3) is 0.400. The van der Waals surface area contributed by atoms with Crippen LogP contribution in [0.3, 0.4) is 0 Å². The Morgan fingerprint density at radius 2 is 2.09 bits per heavy atom. The highest BCUT2D eigenvalue weighted by Crippen LogP contribution is 2.26. The molecule has 3 rings (SSSR count). The lowest BCUT2D eigenvalue weighted by atomic mass is 9.90. The van der Waals surface area contributed by atoms with E-state index in [0.29, 0.717) is 30.6 Å². The smallest absolute Gasteiger partial charge is 0.326 e. The topological polar surface area (TPSA) is 222 Å². The van der Waals surface area contributed by atoms with Crippen LogP contribution in [0.1, 0.15) is 37.8 Å². The number of hydrogen-bond donors (Lipinski definition) is 5. The van der Waals surface area contributed by atoms with Crippen molar-refractivity contribution in [3.63, 3.8) is 0 Å². The van der Waals surface area contributed by atoms with Crippen molar-refractivity contribution in [3.05, 3.63) is 34.0 Å². The van der Waals surface area contributed by atoms with Crippen molar-refractivity contribution in [3.8, 4) is 0 Å². The van der Waals surface area contributed by atoms with Gasteiger partial charge in [0.05, 0.1) is 18.4 Å². The van der Waals surface area contributed by atoms with Gasteiger partial charge in [0.15, 0.2) is 11.2 Å². The fourth-order valence-corrected chi connectivity index (χ4v) is 3.56. The maximum Gasteiger partial charge on any atom is 0.326 e. The van der Waals surface area contributed by atoms with Crippen LogP contribution < -0.4 is 16.6 Å². The van der Waals surface area contributed by atoms with E-state index >= 15 is 0 Å². The number of nitrogens with zero attached hydrogens (tertiary/aromatic N) is 4. The van der Waals surface area contributed by atoms with Crippen molar-refractivity contribution < 1.29 is 29.4 Å². The van der Waals surface area contributed by atoms with Crippen molar-refractivity contribution in [2.24, 2.45) is 5.92 Å². The summed E-state index contributed by atoms with van der Waals surface area (Å²) in [4.78, 5) is 74.1. The zero-order chi connectivity index (χ0) is 24.8. The van der Waals surface area contributed by atoms with Gasteiger partial charge in [-0.25, -0.2) is 14.8 Å². The molecule has 1 aliphatic rings. The number of allylic oxidation sites excluding steroid dienone is 2. The number of fused-ring (bicyclic) bond motifs is 1. The van der Waals surface area contributed by atoms with E-state index in [1.807, 2.05) is 0 Å². The Balaban J connectivity index is 1.65. The number of carbonyl (C=O) groups is 4. The molecule has 2 aromatic rings. The van der Waals surface area contributed by atoms with Gasteiger partial charge >= 0.3 is 11.9 Å². The van der Waals surface area contributed by atoms with Gasteiger partial charge in [0.25, 0.3) is 5.56 Å². The Bertz CT molecular complexity index is 1210. The van der Waals surface area contributed by atoms with Crippen LogP contribution in [0.2, 0.25) is 0 Å². The van der Waals surface area contributed by atoms with Crippen LogP contribution in [0.15, 0.2) is 22.8 Å². The molecule has 180 valence electrons. The van der Waals surface area contributed by atoms with Crippen LogP contribution in [-0.4, -0.2) is 65.3 Å². The molecular weight excluding hydrogens is 450 g/mol. The lowest BCUT2D eigenvalue weighted by molar-refractivity contribution is -0.143. The van der Waals surface area contributed by atoms with Gasteiger partial charge in [0, 0.05) is 18.0 Å². The molecule has 2 amide bonds. The van der Waals surface area contributed by atoms with Crippen LogP contribution >= 0.6 is 0 Å². The molecule has 0 aliphatic heterocycles. The number of carbonyl (C=O) groups excluding carboxylic acids is 2. The highest BCUT2D eigenvalue weighted by molar-refractivity contribution is 5.85. The summed E-state index contributed by atoms with van der Waals surface area (Å²) in [6, 6.07) is -1.29. The Morgan fingerprint density at radius 3 is 2.71 bits per heavy atom. The lowest BCUT2D eigenvalue weighted by Crippen LogP contribution is -2.44. The molecule has 6 N–H and O–H groups in total. The predicted octanol–water partition coefficient (Wildman–Crippen LogP) is -0.628. The molecule has 34 heavy (non-hydrogen) atoms. The van der Waals surface area contributed by atoms with E-state index < -0.39 is 35.4 Å². The highest BCUT2D eigenvalue weighted by Gasteiger charge is 2.28. The Labute approximate surface area is 191 Å². The molecule has 0 spiro atoms. The van der Waals surface area contributed by atoms with Crippen LogP contribution in [-0.2, 0) is 25.7 Å². The number of nitrogens with two attached hydrogens (primary N) is 1. The van der Waals surface area contributed by atoms with Crippen LogP contribution in [0.4, 0.5) is 5.95 Å². The Morgan fingerprint density at radius 1 is 1.32 bits per heavy atom. The summed E-state index contributed by atoms with van der Waals surface area (Å²) in [5.74, 6) is -3.55. The number of nitrogen functional groups attached to an aromatic ring is 1. The van der Waals surface area contributed by atoms with Crippen molar-refractivity contribution >= 4 is 41.4 Å². The second kappa shape index (κ2) is 10.5. The first-order valence-corrected chi connectivity index (χ1v) is 10.3. The molecular formula is C20H23N7O7. The average molecular weight is 473 g/mol. The molecule has 2 aromatic heterocycles. The third-order valence-electron chi connectivity index (χ3n) is 5.33. The van der Waals surface area contributed by atoms with Crippen molar-refractivity contribution in [2.45, 2.75) is 44.7 Å². The number of aromatic nitrogens is 4. The predicted molar refractivity (Wildman–Crippen MR) is 116 cm³/mol. The average Bonchev–Trinajstić information content (AvgIpc) is 2.80. The van der Waals surface area contributed by atoms with Crippen molar-refractivity contribution in [2.75, 3.05) is 5.73 Å².